The summed E-state index contributed by atoms with van der Waals surface area (Å²) in [6.45, 7) is 0. The molecule has 21 heavy (non-hydrogen) atoms. The van der Waals surface area contributed by atoms with Gasteiger partial charge in [0.15, 0.2) is 5.69 Å². The summed E-state index contributed by atoms with van der Waals surface area (Å²) in [5.41, 5.74) is -2.66. The second kappa shape index (κ2) is 5.58. The molecule has 0 aliphatic rings. The maximum atomic E-state index is 13.3. The number of halogens is 5. The van der Waals surface area contributed by atoms with E-state index in [1.165, 1.54) is 0 Å². The summed E-state index contributed by atoms with van der Waals surface area (Å²) in [5.74, 6) is -2.13. The van der Waals surface area contributed by atoms with Crippen LogP contribution in [0.1, 0.15) is 17.1 Å². The molecule has 0 radical (unpaired) electrons. The van der Waals surface area contributed by atoms with E-state index < -0.39 is 29.1 Å². The van der Waals surface area contributed by atoms with E-state index in [0.29, 0.717) is 6.07 Å². The molecule has 0 aromatic carbocycles. The molecule has 112 valence electrons. The van der Waals surface area contributed by atoms with Crippen molar-refractivity contribution in [1.29, 1.82) is 0 Å². The van der Waals surface area contributed by atoms with Gasteiger partial charge in [-0.3, -0.25) is 9.78 Å². The van der Waals surface area contributed by atoms with E-state index in [-0.39, 0.29) is 24.2 Å². The summed E-state index contributed by atoms with van der Waals surface area (Å²) >= 11 is 0. The first-order valence-corrected chi connectivity index (χ1v) is 5.72. The largest absolute Gasteiger partial charge is 0.433 e. The Morgan fingerprint density at radius 1 is 1.10 bits per heavy atom. The summed E-state index contributed by atoms with van der Waals surface area (Å²) < 4.78 is 64.1. The van der Waals surface area contributed by atoms with Gasteiger partial charge in [0.25, 0.3) is 5.56 Å². The predicted octanol–water partition coefficient (Wildman–Crippen LogP) is 2.25. The molecule has 4 nitrogen and oxygen atoms in total. The van der Waals surface area contributed by atoms with E-state index in [4.69, 9.17) is 0 Å². The summed E-state index contributed by atoms with van der Waals surface area (Å²) in [6.07, 6.45) is -3.70. The van der Waals surface area contributed by atoms with Crippen molar-refractivity contribution in [2.75, 3.05) is 0 Å². The number of aromatic amines is 1. The molecule has 2 aromatic heterocycles. The second-order valence-corrected chi connectivity index (χ2v) is 4.16. The minimum Gasteiger partial charge on any atom is -0.311 e. The summed E-state index contributed by atoms with van der Waals surface area (Å²) in [4.78, 5) is 19.8. The number of hydrogen-bond acceptors (Lipinski definition) is 3. The van der Waals surface area contributed by atoms with Gasteiger partial charge in [0, 0.05) is 18.1 Å². The standard InChI is InChI=1S/C12H8F5N3O/c13-7-4-18-5-8(14)6(7)1-2-10-19-9(12(15,16)17)3-11(21)20-10/h3-5H,1-2H2,(H,19,20,21). The fourth-order valence-electron chi connectivity index (χ4n) is 1.69. The quantitative estimate of drug-likeness (QED) is 0.885. The topological polar surface area (TPSA) is 58.6 Å². The molecule has 0 bridgehead atoms. The first-order chi connectivity index (χ1) is 9.77. The Morgan fingerprint density at radius 2 is 1.71 bits per heavy atom. The van der Waals surface area contributed by atoms with Crippen molar-refractivity contribution in [3.8, 4) is 0 Å². The average molecular weight is 305 g/mol. The first kappa shape index (κ1) is 15.1. The third-order valence-corrected chi connectivity index (χ3v) is 2.65. The van der Waals surface area contributed by atoms with Crippen LogP contribution in [-0.4, -0.2) is 15.0 Å². The highest BCUT2D eigenvalue weighted by Gasteiger charge is 2.33. The van der Waals surface area contributed by atoms with Crippen LogP contribution in [0.5, 0.6) is 0 Å². The highest BCUT2D eigenvalue weighted by Crippen LogP contribution is 2.26. The van der Waals surface area contributed by atoms with Crippen LogP contribution in [-0.2, 0) is 19.0 Å². The Morgan fingerprint density at radius 3 is 2.29 bits per heavy atom. The smallest absolute Gasteiger partial charge is 0.311 e. The molecule has 2 rings (SSSR count). The number of nitrogens with one attached hydrogen (secondary N) is 1. The lowest BCUT2D eigenvalue weighted by atomic mass is 10.1. The zero-order valence-corrected chi connectivity index (χ0v) is 10.3. The molecule has 0 spiro atoms. The fraction of sp³-hybridized carbons (Fsp3) is 0.250. The Bertz CT molecular complexity index is 691. The first-order valence-electron chi connectivity index (χ1n) is 5.72. The Kier molecular flexibility index (Phi) is 4.01. The molecular formula is C12H8F5N3O. The average Bonchev–Trinajstić information content (AvgIpc) is 2.36. The van der Waals surface area contributed by atoms with Crippen molar-refractivity contribution in [2.24, 2.45) is 0 Å². The van der Waals surface area contributed by atoms with Crippen LogP contribution in [0.25, 0.3) is 0 Å². The molecule has 0 amide bonds. The van der Waals surface area contributed by atoms with E-state index in [0.717, 1.165) is 12.4 Å². The lowest BCUT2D eigenvalue weighted by molar-refractivity contribution is -0.141. The molecule has 2 heterocycles. The fourth-order valence-corrected chi connectivity index (χ4v) is 1.69. The third kappa shape index (κ3) is 3.61. The highest BCUT2D eigenvalue weighted by atomic mass is 19.4. The summed E-state index contributed by atoms with van der Waals surface area (Å²) in [6, 6.07) is 0.317. The lowest BCUT2D eigenvalue weighted by Crippen LogP contribution is -2.19. The van der Waals surface area contributed by atoms with Gasteiger partial charge in [0.1, 0.15) is 17.5 Å². The van der Waals surface area contributed by atoms with Crippen LogP contribution >= 0.6 is 0 Å². The van der Waals surface area contributed by atoms with Crippen LogP contribution in [0.4, 0.5) is 22.0 Å². The van der Waals surface area contributed by atoms with Crippen molar-refractivity contribution in [3.05, 3.63) is 57.5 Å². The van der Waals surface area contributed by atoms with Gasteiger partial charge in [-0.25, -0.2) is 13.8 Å². The monoisotopic (exact) mass is 305 g/mol. The molecule has 0 saturated carbocycles. The van der Waals surface area contributed by atoms with Crippen molar-refractivity contribution in [1.82, 2.24) is 15.0 Å². The number of rotatable bonds is 3. The molecular weight excluding hydrogens is 297 g/mol. The lowest BCUT2D eigenvalue weighted by Gasteiger charge is -2.08. The van der Waals surface area contributed by atoms with Gasteiger partial charge in [-0.2, -0.15) is 13.2 Å². The van der Waals surface area contributed by atoms with E-state index >= 15 is 0 Å². The molecule has 0 saturated heterocycles. The number of hydrogen-bond donors (Lipinski definition) is 1. The van der Waals surface area contributed by atoms with E-state index in [2.05, 4.69) is 15.0 Å². The third-order valence-electron chi connectivity index (χ3n) is 2.65. The van der Waals surface area contributed by atoms with Gasteiger partial charge in [-0.1, -0.05) is 0 Å². The van der Waals surface area contributed by atoms with Gasteiger partial charge in [0.05, 0.1) is 12.4 Å². The minimum atomic E-state index is -4.77. The van der Waals surface area contributed by atoms with Gasteiger partial charge in [-0.15, -0.1) is 0 Å². The zero-order valence-electron chi connectivity index (χ0n) is 10.3. The van der Waals surface area contributed by atoms with Crippen LogP contribution in [0.15, 0.2) is 23.3 Å². The van der Waals surface area contributed by atoms with E-state index in [9.17, 15) is 26.7 Å². The molecule has 0 unspecified atom stereocenters. The van der Waals surface area contributed by atoms with Gasteiger partial charge >= 0.3 is 6.18 Å². The molecule has 9 heteroatoms. The molecule has 1 N–H and O–H groups in total. The van der Waals surface area contributed by atoms with Crippen LogP contribution in [0, 0.1) is 11.6 Å². The van der Waals surface area contributed by atoms with E-state index in [1.54, 1.807) is 0 Å². The predicted molar refractivity (Wildman–Crippen MR) is 61.4 cm³/mol. The van der Waals surface area contributed by atoms with E-state index in [1.807, 2.05) is 0 Å². The van der Waals surface area contributed by atoms with Crippen LogP contribution in [0.3, 0.4) is 0 Å². The highest BCUT2D eigenvalue weighted by molar-refractivity contribution is 5.16. The van der Waals surface area contributed by atoms with Crippen LogP contribution < -0.4 is 5.56 Å². The molecule has 2 aromatic rings. The van der Waals surface area contributed by atoms with Crippen molar-refractivity contribution >= 4 is 0 Å². The molecule has 0 fully saturated rings. The normalized spacial score (nSPS) is 11.7. The van der Waals surface area contributed by atoms with Crippen molar-refractivity contribution in [3.63, 3.8) is 0 Å². The minimum absolute atomic E-state index is 0.253. The molecule has 0 aliphatic heterocycles. The van der Waals surface area contributed by atoms with Crippen LogP contribution in [0.2, 0.25) is 0 Å². The molecule has 0 atom stereocenters. The maximum Gasteiger partial charge on any atom is 0.433 e. The number of nitrogens with zero attached hydrogens (tertiary/aromatic N) is 2. The number of aromatic nitrogens is 3. The Labute approximate surface area is 114 Å². The number of alkyl halides is 3. The SMILES string of the molecule is O=c1cc(C(F)(F)F)nc(CCc2c(F)cncc2F)[nH]1. The maximum absolute atomic E-state index is 13.3. The number of aryl methyl sites for hydroxylation is 1. The second-order valence-electron chi connectivity index (χ2n) is 4.16. The van der Waals surface area contributed by atoms with Gasteiger partial charge < -0.3 is 4.98 Å². The van der Waals surface area contributed by atoms with Gasteiger partial charge in [0.2, 0.25) is 0 Å². The van der Waals surface area contributed by atoms with Crippen molar-refractivity contribution in [2.45, 2.75) is 19.0 Å². The Hall–Kier alpha value is -2.32. The summed E-state index contributed by atoms with van der Waals surface area (Å²) in [5, 5.41) is 0. The number of pyridine rings is 1. The number of H-pyrrole nitrogens is 1. The summed E-state index contributed by atoms with van der Waals surface area (Å²) in [7, 11) is 0. The zero-order chi connectivity index (χ0) is 15.6. The van der Waals surface area contributed by atoms with Crippen molar-refractivity contribution < 1.29 is 22.0 Å². The Balaban J connectivity index is 2.25. The van der Waals surface area contributed by atoms with Gasteiger partial charge in [-0.05, 0) is 6.42 Å². The molecule has 0 aliphatic carbocycles.